The Labute approximate surface area is 162 Å². The van der Waals surface area contributed by atoms with E-state index < -0.39 is 11.6 Å². The quantitative estimate of drug-likeness (QED) is 0.807. The SMILES string of the molecule is CN(C)C(=O)c1cc(C[C@H]2CCCN(C(=O)c3cc(F)cc(F)c3)C2)ncn1. The number of benzene rings is 1. The van der Waals surface area contributed by atoms with E-state index in [1.807, 2.05) is 0 Å². The first-order valence-electron chi connectivity index (χ1n) is 9.11. The molecule has 0 unspecified atom stereocenters. The fraction of sp³-hybridized carbons (Fsp3) is 0.400. The van der Waals surface area contributed by atoms with Crippen molar-refractivity contribution in [1.82, 2.24) is 19.8 Å². The minimum absolute atomic E-state index is 0.0130. The second kappa shape index (κ2) is 8.41. The van der Waals surface area contributed by atoms with Crippen LogP contribution in [0, 0.1) is 17.6 Å². The maximum Gasteiger partial charge on any atom is 0.272 e. The van der Waals surface area contributed by atoms with E-state index >= 15 is 0 Å². The number of carbonyl (C=O) groups excluding carboxylic acids is 2. The van der Waals surface area contributed by atoms with Crippen molar-refractivity contribution in [1.29, 1.82) is 0 Å². The minimum Gasteiger partial charge on any atom is -0.343 e. The van der Waals surface area contributed by atoms with Crippen molar-refractivity contribution in [3.05, 3.63) is 59.2 Å². The van der Waals surface area contributed by atoms with Crippen molar-refractivity contribution in [2.75, 3.05) is 27.2 Å². The van der Waals surface area contributed by atoms with Gasteiger partial charge in [0.25, 0.3) is 11.8 Å². The molecule has 1 fully saturated rings. The Morgan fingerprint density at radius 3 is 2.54 bits per heavy atom. The standard InChI is InChI=1S/C20H22F2N4O2/c1-25(2)20(28)18-10-17(23-12-24-18)6-13-4-3-5-26(11-13)19(27)14-7-15(21)9-16(22)8-14/h7-10,12-13H,3-6,11H2,1-2H3/t13-/m1/s1. The van der Waals surface area contributed by atoms with Crippen molar-refractivity contribution in [2.45, 2.75) is 19.3 Å². The molecule has 3 rings (SSSR count). The summed E-state index contributed by atoms with van der Waals surface area (Å²) in [6, 6.07) is 4.53. The van der Waals surface area contributed by atoms with Crippen LogP contribution in [0.4, 0.5) is 8.78 Å². The van der Waals surface area contributed by atoms with Crippen molar-refractivity contribution < 1.29 is 18.4 Å². The zero-order chi connectivity index (χ0) is 20.3. The van der Waals surface area contributed by atoms with Gasteiger partial charge in [-0.2, -0.15) is 0 Å². The molecule has 1 aromatic heterocycles. The lowest BCUT2D eigenvalue weighted by atomic mass is 9.92. The van der Waals surface area contributed by atoms with E-state index in [0.29, 0.717) is 25.2 Å². The molecule has 0 spiro atoms. The monoisotopic (exact) mass is 388 g/mol. The van der Waals surface area contributed by atoms with Gasteiger partial charge in [-0.05, 0) is 43.4 Å². The summed E-state index contributed by atoms with van der Waals surface area (Å²) in [6.45, 7) is 1.01. The zero-order valence-corrected chi connectivity index (χ0v) is 15.9. The molecule has 1 aliphatic rings. The fourth-order valence-corrected chi connectivity index (χ4v) is 3.43. The average molecular weight is 388 g/mol. The molecule has 0 bridgehead atoms. The highest BCUT2D eigenvalue weighted by molar-refractivity contribution is 5.94. The molecule has 8 heteroatoms. The molecule has 0 aliphatic carbocycles. The number of nitrogens with zero attached hydrogens (tertiary/aromatic N) is 4. The van der Waals surface area contributed by atoms with Crippen molar-refractivity contribution in [2.24, 2.45) is 5.92 Å². The summed E-state index contributed by atoms with van der Waals surface area (Å²) in [5, 5.41) is 0. The van der Waals surface area contributed by atoms with Gasteiger partial charge >= 0.3 is 0 Å². The molecular formula is C20H22F2N4O2. The Kier molecular flexibility index (Phi) is 5.96. The molecule has 2 amide bonds. The number of amides is 2. The van der Waals surface area contributed by atoms with Gasteiger partial charge < -0.3 is 9.80 Å². The van der Waals surface area contributed by atoms with Crippen LogP contribution in [-0.4, -0.2) is 58.8 Å². The number of rotatable bonds is 4. The predicted molar refractivity (Wildman–Crippen MR) is 98.7 cm³/mol. The number of halogens is 2. The van der Waals surface area contributed by atoms with E-state index in [2.05, 4.69) is 9.97 Å². The van der Waals surface area contributed by atoms with Crippen molar-refractivity contribution in [3.63, 3.8) is 0 Å². The first-order valence-corrected chi connectivity index (χ1v) is 9.11. The Balaban J connectivity index is 1.69. The molecule has 0 saturated carbocycles. The summed E-state index contributed by atoms with van der Waals surface area (Å²) in [5.74, 6) is -1.97. The van der Waals surface area contributed by atoms with Crippen LogP contribution >= 0.6 is 0 Å². The molecule has 28 heavy (non-hydrogen) atoms. The number of hydrogen-bond donors (Lipinski definition) is 0. The number of likely N-dealkylation sites (tertiary alicyclic amines) is 1. The van der Waals surface area contributed by atoms with Crippen molar-refractivity contribution in [3.8, 4) is 0 Å². The van der Waals surface area contributed by atoms with Gasteiger partial charge in [-0.25, -0.2) is 18.7 Å². The Morgan fingerprint density at radius 1 is 1.14 bits per heavy atom. The lowest BCUT2D eigenvalue weighted by Crippen LogP contribution is -2.40. The van der Waals surface area contributed by atoms with Gasteiger partial charge in [-0.1, -0.05) is 0 Å². The first kappa shape index (κ1) is 19.9. The molecule has 1 atom stereocenters. The summed E-state index contributed by atoms with van der Waals surface area (Å²) in [4.78, 5) is 36.0. The fourth-order valence-electron chi connectivity index (χ4n) is 3.43. The third kappa shape index (κ3) is 4.68. The van der Waals surface area contributed by atoms with Crippen LogP contribution in [0.3, 0.4) is 0 Å². The number of carbonyl (C=O) groups is 2. The van der Waals surface area contributed by atoms with Crippen LogP contribution in [0.25, 0.3) is 0 Å². The van der Waals surface area contributed by atoms with Crippen LogP contribution in [0.1, 0.15) is 39.4 Å². The van der Waals surface area contributed by atoms with Gasteiger partial charge in [0, 0.05) is 44.5 Å². The summed E-state index contributed by atoms with van der Waals surface area (Å²) in [7, 11) is 3.31. The predicted octanol–water partition coefficient (Wildman–Crippen LogP) is 2.55. The summed E-state index contributed by atoms with van der Waals surface area (Å²) < 4.78 is 26.8. The maximum atomic E-state index is 13.4. The number of aromatic nitrogens is 2. The number of piperidine rings is 1. The highest BCUT2D eigenvalue weighted by Crippen LogP contribution is 2.22. The highest BCUT2D eigenvalue weighted by Gasteiger charge is 2.26. The summed E-state index contributed by atoms with van der Waals surface area (Å²) in [6.07, 6.45) is 3.66. The topological polar surface area (TPSA) is 66.4 Å². The van der Waals surface area contributed by atoms with Gasteiger partial charge in [0.1, 0.15) is 23.7 Å². The van der Waals surface area contributed by atoms with E-state index in [1.54, 1.807) is 25.1 Å². The second-order valence-corrected chi connectivity index (χ2v) is 7.22. The Morgan fingerprint density at radius 2 is 1.86 bits per heavy atom. The Hall–Kier alpha value is -2.90. The van der Waals surface area contributed by atoms with Crippen LogP contribution in [0.2, 0.25) is 0 Å². The third-order valence-corrected chi connectivity index (χ3v) is 4.76. The van der Waals surface area contributed by atoms with Crippen molar-refractivity contribution >= 4 is 11.8 Å². The van der Waals surface area contributed by atoms with Crippen LogP contribution < -0.4 is 0 Å². The van der Waals surface area contributed by atoms with E-state index in [1.165, 1.54) is 11.2 Å². The normalized spacial score (nSPS) is 16.7. The van der Waals surface area contributed by atoms with E-state index in [-0.39, 0.29) is 23.3 Å². The molecule has 1 saturated heterocycles. The molecule has 2 heterocycles. The van der Waals surface area contributed by atoms with Gasteiger partial charge in [0.15, 0.2) is 0 Å². The third-order valence-electron chi connectivity index (χ3n) is 4.76. The van der Waals surface area contributed by atoms with Crippen LogP contribution in [-0.2, 0) is 6.42 Å². The zero-order valence-electron chi connectivity index (χ0n) is 15.9. The molecule has 1 aromatic carbocycles. The summed E-state index contributed by atoms with van der Waals surface area (Å²) in [5.41, 5.74) is 1.07. The lowest BCUT2D eigenvalue weighted by molar-refractivity contribution is 0.0671. The molecule has 0 N–H and O–H groups in total. The molecule has 148 valence electrons. The average Bonchev–Trinajstić information content (AvgIpc) is 2.66. The molecule has 0 radical (unpaired) electrons. The molecule has 2 aromatic rings. The number of hydrogen-bond acceptors (Lipinski definition) is 4. The maximum absolute atomic E-state index is 13.4. The van der Waals surface area contributed by atoms with Crippen LogP contribution in [0.15, 0.2) is 30.6 Å². The van der Waals surface area contributed by atoms with Gasteiger partial charge in [-0.15, -0.1) is 0 Å². The van der Waals surface area contributed by atoms with E-state index in [9.17, 15) is 18.4 Å². The van der Waals surface area contributed by atoms with Gasteiger partial charge in [-0.3, -0.25) is 9.59 Å². The van der Waals surface area contributed by atoms with E-state index in [4.69, 9.17) is 0 Å². The second-order valence-electron chi connectivity index (χ2n) is 7.22. The largest absolute Gasteiger partial charge is 0.343 e. The van der Waals surface area contributed by atoms with Gasteiger partial charge in [0.05, 0.1) is 0 Å². The van der Waals surface area contributed by atoms with E-state index in [0.717, 1.165) is 36.7 Å². The molecule has 6 nitrogen and oxygen atoms in total. The van der Waals surface area contributed by atoms with Gasteiger partial charge in [0.2, 0.25) is 0 Å². The highest BCUT2D eigenvalue weighted by atomic mass is 19.1. The minimum atomic E-state index is -0.768. The lowest BCUT2D eigenvalue weighted by Gasteiger charge is -2.32. The summed E-state index contributed by atoms with van der Waals surface area (Å²) >= 11 is 0. The van der Waals surface area contributed by atoms with Crippen LogP contribution in [0.5, 0.6) is 0 Å². The molecular weight excluding hydrogens is 366 g/mol. The first-order chi connectivity index (χ1) is 13.3. The smallest absolute Gasteiger partial charge is 0.272 e. The molecule has 1 aliphatic heterocycles. The Bertz CT molecular complexity index is 868.